The zero-order valence-corrected chi connectivity index (χ0v) is 17.7. The molecule has 0 saturated carbocycles. The van der Waals surface area contributed by atoms with Gasteiger partial charge in [0.15, 0.2) is 11.5 Å². The van der Waals surface area contributed by atoms with E-state index in [-0.39, 0.29) is 12.7 Å². The zero-order valence-electron chi connectivity index (χ0n) is 16.8. The molecule has 2 atom stereocenters. The van der Waals surface area contributed by atoms with Crippen LogP contribution in [0.25, 0.3) is 0 Å². The maximum absolute atomic E-state index is 13.4. The van der Waals surface area contributed by atoms with Crippen molar-refractivity contribution in [3.8, 4) is 23.0 Å². The van der Waals surface area contributed by atoms with Gasteiger partial charge in [-0.3, -0.25) is 4.79 Å². The molecule has 5 rings (SSSR count). The van der Waals surface area contributed by atoms with Crippen LogP contribution in [0.4, 0.5) is 0 Å². The Morgan fingerprint density at radius 2 is 1.72 bits per heavy atom. The highest BCUT2D eigenvalue weighted by atomic mass is 32.2. The summed E-state index contributed by atoms with van der Waals surface area (Å²) in [4.78, 5) is 26.8. The summed E-state index contributed by atoms with van der Waals surface area (Å²) in [6.45, 7) is 0.0983. The van der Waals surface area contributed by atoms with Crippen LogP contribution in [-0.2, 0) is 4.79 Å². The molecule has 2 aliphatic heterocycles. The summed E-state index contributed by atoms with van der Waals surface area (Å²) < 4.78 is 16.6. The molecule has 2 heterocycles. The van der Waals surface area contributed by atoms with E-state index < -0.39 is 17.4 Å². The molecule has 0 spiro atoms. The molecular formula is C24H19NO6S. The van der Waals surface area contributed by atoms with Gasteiger partial charge in [-0.05, 0) is 48.0 Å². The summed E-state index contributed by atoms with van der Waals surface area (Å²) in [6, 6.07) is 20.7. The van der Waals surface area contributed by atoms with Crippen LogP contribution >= 0.6 is 11.8 Å². The van der Waals surface area contributed by atoms with Crippen LogP contribution in [0.15, 0.2) is 72.8 Å². The molecule has 162 valence electrons. The average molecular weight is 449 g/mol. The zero-order chi connectivity index (χ0) is 22.1. The second kappa shape index (κ2) is 8.47. The van der Waals surface area contributed by atoms with Crippen molar-refractivity contribution >= 4 is 23.6 Å². The monoisotopic (exact) mass is 449 g/mol. The smallest absolute Gasteiger partial charge is 0.327 e. The van der Waals surface area contributed by atoms with Crippen molar-refractivity contribution in [1.82, 2.24) is 4.90 Å². The van der Waals surface area contributed by atoms with Crippen LogP contribution in [0.5, 0.6) is 23.0 Å². The fourth-order valence-electron chi connectivity index (χ4n) is 3.74. The maximum Gasteiger partial charge on any atom is 0.327 e. The molecule has 1 saturated heterocycles. The summed E-state index contributed by atoms with van der Waals surface area (Å²) in [5.41, 5.74) is 1.14. The standard InChI is InChI=1S/C24H19NO6S/c26-22(15-9-10-20-21(12-15)30-14-29-20)25-19(24(27)28)13-32-23(25)16-5-4-8-18(11-16)31-17-6-2-1-3-7-17/h1-12,19,23H,13-14H2,(H,27,28). The number of amides is 1. The molecule has 2 unspecified atom stereocenters. The minimum absolute atomic E-state index is 0.0983. The number of fused-ring (bicyclic) bond motifs is 1. The molecule has 0 bridgehead atoms. The summed E-state index contributed by atoms with van der Waals surface area (Å²) in [5, 5.41) is 9.31. The van der Waals surface area contributed by atoms with E-state index in [1.165, 1.54) is 16.7 Å². The predicted octanol–water partition coefficient (Wildman–Crippen LogP) is 4.55. The maximum atomic E-state index is 13.4. The number of carboxylic acid groups (broad SMARTS) is 1. The number of ether oxygens (including phenoxy) is 3. The Hall–Kier alpha value is -3.65. The quantitative estimate of drug-likeness (QED) is 0.612. The number of aliphatic carboxylic acids is 1. The molecular weight excluding hydrogens is 430 g/mol. The number of carboxylic acids is 1. The number of carbonyl (C=O) groups is 2. The van der Waals surface area contributed by atoms with Crippen LogP contribution in [-0.4, -0.2) is 40.5 Å². The number of thioether (sulfide) groups is 1. The molecule has 7 nitrogen and oxygen atoms in total. The van der Waals surface area contributed by atoms with E-state index in [1.54, 1.807) is 18.2 Å². The fraction of sp³-hybridized carbons (Fsp3) is 0.167. The minimum Gasteiger partial charge on any atom is -0.480 e. The predicted molar refractivity (Wildman–Crippen MR) is 118 cm³/mol. The topological polar surface area (TPSA) is 85.3 Å². The van der Waals surface area contributed by atoms with Gasteiger partial charge in [-0.15, -0.1) is 11.8 Å². The Labute approximate surface area is 188 Å². The van der Waals surface area contributed by atoms with Crippen LogP contribution in [0.2, 0.25) is 0 Å². The van der Waals surface area contributed by atoms with Gasteiger partial charge in [-0.25, -0.2) is 4.79 Å². The molecule has 3 aromatic rings. The lowest BCUT2D eigenvalue weighted by Crippen LogP contribution is -2.42. The molecule has 8 heteroatoms. The number of nitrogens with zero attached hydrogens (tertiary/aromatic N) is 1. The van der Waals surface area contributed by atoms with E-state index in [4.69, 9.17) is 14.2 Å². The van der Waals surface area contributed by atoms with Gasteiger partial charge in [0, 0.05) is 11.3 Å². The second-order valence-electron chi connectivity index (χ2n) is 7.31. The minimum atomic E-state index is -1.04. The van der Waals surface area contributed by atoms with Crippen LogP contribution in [0, 0.1) is 0 Å². The summed E-state index contributed by atoms with van der Waals surface area (Å²) >= 11 is 1.42. The van der Waals surface area contributed by atoms with Gasteiger partial charge in [-0.2, -0.15) is 0 Å². The first-order valence-electron chi connectivity index (χ1n) is 10.00. The van der Waals surface area contributed by atoms with Crippen LogP contribution < -0.4 is 14.2 Å². The Balaban J connectivity index is 1.46. The van der Waals surface area contributed by atoms with Crippen LogP contribution in [0.3, 0.4) is 0 Å². The molecule has 1 N–H and O–H groups in total. The van der Waals surface area contributed by atoms with Gasteiger partial charge in [-0.1, -0.05) is 30.3 Å². The Morgan fingerprint density at radius 1 is 0.938 bits per heavy atom. The lowest BCUT2D eigenvalue weighted by molar-refractivity contribution is -0.141. The third-order valence-electron chi connectivity index (χ3n) is 5.26. The summed E-state index contributed by atoms with van der Waals surface area (Å²) in [5.74, 6) is 1.23. The van der Waals surface area contributed by atoms with Crippen molar-refractivity contribution < 1.29 is 28.9 Å². The van der Waals surface area contributed by atoms with Gasteiger partial charge >= 0.3 is 5.97 Å². The lowest BCUT2D eigenvalue weighted by atomic mass is 10.1. The molecule has 32 heavy (non-hydrogen) atoms. The molecule has 0 aromatic heterocycles. The highest BCUT2D eigenvalue weighted by Gasteiger charge is 2.43. The van der Waals surface area contributed by atoms with Crippen molar-refractivity contribution in [2.75, 3.05) is 12.5 Å². The lowest BCUT2D eigenvalue weighted by Gasteiger charge is -2.28. The highest BCUT2D eigenvalue weighted by molar-refractivity contribution is 7.99. The molecule has 2 aliphatic rings. The number of hydrogen-bond donors (Lipinski definition) is 1. The van der Waals surface area contributed by atoms with Gasteiger partial charge in [0.2, 0.25) is 6.79 Å². The molecule has 3 aromatic carbocycles. The number of para-hydroxylation sites is 1. The average Bonchev–Trinajstić information content (AvgIpc) is 3.46. The number of carbonyl (C=O) groups excluding carboxylic acids is 1. The first-order chi connectivity index (χ1) is 15.6. The highest BCUT2D eigenvalue weighted by Crippen LogP contribution is 2.44. The van der Waals surface area contributed by atoms with Crippen molar-refractivity contribution in [2.24, 2.45) is 0 Å². The number of benzene rings is 3. The number of rotatable bonds is 5. The largest absolute Gasteiger partial charge is 0.480 e. The summed E-state index contributed by atoms with van der Waals surface area (Å²) in [7, 11) is 0. The molecule has 1 fully saturated rings. The number of hydrogen-bond acceptors (Lipinski definition) is 6. The molecule has 0 radical (unpaired) electrons. The first kappa shape index (κ1) is 20.3. The third kappa shape index (κ3) is 3.85. The van der Waals surface area contributed by atoms with Crippen molar-refractivity contribution in [2.45, 2.75) is 11.4 Å². The van der Waals surface area contributed by atoms with E-state index in [2.05, 4.69) is 0 Å². The summed E-state index contributed by atoms with van der Waals surface area (Å²) in [6.07, 6.45) is 0. The van der Waals surface area contributed by atoms with E-state index >= 15 is 0 Å². The van der Waals surface area contributed by atoms with E-state index in [0.29, 0.717) is 34.3 Å². The third-order valence-corrected chi connectivity index (χ3v) is 6.58. The van der Waals surface area contributed by atoms with Gasteiger partial charge in [0.1, 0.15) is 22.9 Å². The SMILES string of the molecule is O=C(O)C1CSC(c2cccc(Oc3ccccc3)c2)N1C(=O)c1ccc2c(c1)OCO2. The molecule has 0 aliphatic carbocycles. The Bertz CT molecular complexity index is 1170. The Morgan fingerprint density at radius 3 is 2.53 bits per heavy atom. The van der Waals surface area contributed by atoms with E-state index in [1.807, 2.05) is 54.6 Å². The van der Waals surface area contributed by atoms with Crippen LogP contribution in [0.1, 0.15) is 21.3 Å². The Kier molecular flexibility index (Phi) is 5.36. The van der Waals surface area contributed by atoms with Gasteiger partial charge in [0.05, 0.1) is 0 Å². The van der Waals surface area contributed by atoms with Gasteiger partial charge in [0.25, 0.3) is 5.91 Å². The van der Waals surface area contributed by atoms with Gasteiger partial charge < -0.3 is 24.2 Å². The van der Waals surface area contributed by atoms with E-state index in [9.17, 15) is 14.7 Å². The fourth-order valence-corrected chi connectivity index (χ4v) is 5.15. The second-order valence-corrected chi connectivity index (χ2v) is 8.42. The molecule has 1 amide bonds. The first-order valence-corrected chi connectivity index (χ1v) is 11.0. The van der Waals surface area contributed by atoms with Crippen molar-refractivity contribution in [3.05, 3.63) is 83.9 Å². The van der Waals surface area contributed by atoms with Crippen molar-refractivity contribution in [1.29, 1.82) is 0 Å². The van der Waals surface area contributed by atoms with Crippen molar-refractivity contribution in [3.63, 3.8) is 0 Å². The normalized spacial score (nSPS) is 19.1. The van der Waals surface area contributed by atoms with E-state index in [0.717, 1.165) is 5.56 Å².